The van der Waals surface area contributed by atoms with E-state index in [0.717, 1.165) is 19.3 Å². The van der Waals surface area contributed by atoms with Gasteiger partial charge in [0.25, 0.3) is 5.91 Å². The van der Waals surface area contributed by atoms with E-state index >= 15 is 0 Å². The smallest absolute Gasteiger partial charge is 0.275 e. The van der Waals surface area contributed by atoms with Gasteiger partial charge in [-0.25, -0.2) is 13.4 Å². The molecule has 0 atom stereocenters. The first-order valence-corrected chi connectivity index (χ1v) is 10.3. The van der Waals surface area contributed by atoms with E-state index in [-0.39, 0.29) is 20.8 Å². The van der Waals surface area contributed by atoms with Crippen molar-refractivity contribution >= 4 is 44.8 Å². The van der Waals surface area contributed by atoms with Crippen molar-refractivity contribution in [1.29, 1.82) is 0 Å². The Morgan fingerprint density at radius 1 is 1.08 bits per heavy atom. The second-order valence-electron chi connectivity index (χ2n) is 5.91. The summed E-state index contributed by atoms with van der Waals surface area (Å²) in [4.78, 5) is 16.4. The van der Waals surface area contributed by atoms with Crippen molar-refractivity contribution in [1.82, 2.24) is 9.29 Å². The van der Waals surface area contributed by atoms with Crippen LogP contribution >= 0.6 is 23.2 Å². The van der Waals surface area contributed by atoms with Crippen LogP contribution in [0.25, 0.3) is 0 Å². The quantitative estimate of drug-likeness (QED) is 0.772. The summed E-state index contributed by atoms with van der Waals surface area (Å²) in [6.07, 6.45) is 2.75. The first kappa shape index (κ1) is 19.1. The van der Waals surface area contributed by atoms with Gasteiger partial charge in [0.15, 0.2) is 0 Å². The number of rotatable bonds is 4. The Hall–Kier alpha value is -1.67. The van der Waals surface area contributed by atoms with E-state index in [0.29, 0.717) is 18.8 Å². The van der Waals surface area contributed by atoms with Gasteiger partial charge in [-0.05, 0) is 43.2 Å². The Labute approximate surface area is 162 Å². The molecule has 1 aliphatic rings. The Morgan fingerprint density at radius 2 is 1.81 bits per heavy atom. The molecular formula is C17H17Cl2N3O3S. The lowest BCUT2D eigenvalue weighted by Crippen LogP contribution is -2.35. The van der Waals surface area contributed by atoms with Crippen molar-refractivity contribution in [2.24, 2.45) is 0 Å². The van der Waals surface area contributed by atoms with Crippen LogP contribution in [0.3, 0.4) is 0 Å². The number of pyridine rings is 1. The number of carbonyl (C=O) groups excluding carboxylic acids is 1. The molecule has 0 spiro atoms. The van der Waals surface area contributed by atoms with Crippen LogP contribution in [0.5, 0.6) is 0 Å². The van der Waals surface area contributed by atoms with Crippen LogP contribution < -0.4 is 5.32 Å². The molecule has 138 valence electrons. The standard InChI is InChI=1S/C17H17Cl2N3O3S/c18-14-7-8-15(19)21-16(14)17(23)20-12-5-4-6-13(11-12)26(24,25)22-9-2-1-3-10-22/h4-8,11H,1-3,9-10H2,(H,20,23). The van der Waals surface area contributed by atoms with Crippen LogP contribution in [-0.2, 0) is 10.0 Å². The molecule has 26 heavy (non-hydrogen) atoms. The third-order valence-electron chi connectivity index (χ3n) is 4.07. The molecule has 1 N–H and O–H groups in total. The summed E-state index contributed by atoms with van der Waals surface area (Å²) in [5.41, 5.74) is 0.314. The number of anilines is 1. The molecule has 2 aromatic rings. The highest BCUT2D eigenvalue weighted by atomic mass is 35.5. The lowest BCUT2D eigenvalue weighted by atomic mass is 10.2. The molecule has 1 aromatic heterocycles. The SMILES string of the molecule is O=C(Nc1cccc(S(=O)(=O)N2CCCCC2)c1)c1nc(Cl)ccc1Cl. The van der Waals surface area contributed by atoms with Gasteiger partial charge in [0.2, 0.25) is 10.0 Å². The van der Waals surface area contributed by atoms with Crippen molar-refractivity contribution in [2.45, 2.75) is 24.2 Å². The zero-order valence-corrected chi connectivity index (χ0v) is 16.1. The van der Waals surface area contributed by atoms with Crippen LogP contribution in [0, 0.1) is 0 Å². The Balaban J connectivity index is 1.83. The van der Waals surface area contributed by atoms with Gasteiger partial charge in [-0.15, -0.1) is 0 Å². The summed E-state index contributed by atoms with van der Waals surface area (Å²) >= 11 is 11.8. The molecule has 0 saturated carbocycles. The van der Waals surface area contributed by atoms with Crippen molar-refractivity contribution < 1.29 is 13.2 Å². The largest absolute Gasteiger partial charge is 0.321 e. The number of benzene rings is 1. The molecule has 3 rings (SSSR count). The maximum absolute atomic E-state index is 12.8. The van der Waals surface area contributed by atoms with E-state index in [1.807, 2.05) is 0 Å². The van der Waals surface area contributed by atoms with Crippen LogP contribution in [0.2, 0.25) is 10.2 Å². The lowest BCUT2D eigenvalue weighted by Gasteiger charge is -2.26. The topological polar surface area (TPSA) is 79.4 Å². The molecular weight excluding hydrogens is 397 g/mol. The summed E-state index contributed by atoms with van der Waals surface area (Å²) in [7, 11) is -3.58. The van der Waals surface area contributed by atoms with Crippen LogP contribution in [-0.4, -0.2) is 36.7 Å². The minimum absolute atomic E-state index is 0.0246. The molecule has 1 aliphatic heterocycles. The molecule has 0 aliphatic carbocycles. The number of hydrogen-bond acceptors (Lipinski definition) is 4. The molecule has 1 aromatic carbocycles. The molecule has 2 heterocycles. The number of nitrogens with zero attached hydrogens (tertiary/aromatic N) is 2. The molecule has 1 fully saturated rings. The lowest BCUT2D eigenvalue weighted by molar-refractivity contribution is 0.102. The monoisotopic (exact) mass is 413 g/mol. The number of halogens is 2. The van der Waals surface area contributed by atoms with E-state index in [1.165, 1.54) is 28.6 Å². The van der Waals surface area contributed by atoms with Gasteiger partial charge < -0.3 is 5.32 Å². The Morgan fingerprint density at radius 3 is 2.54 bits per heavy atom. The average molecular weight is 414 g/mol. The highest BCUT2D eigenvalue weighted by molar-refractivity contribution is 7.89. The zero-order valence-electron chi connectivity index (χ0n) is 13.8. The minimum atomic E-state index is -3.58. The van der Waals surface area contributed by atoms with Crippen molar-refractivity contribution in [3.63, 3.8) is 0 Å². The summed E-state index contributed by atoms with van der Waals surface area (Å²) in [6.45, 7) is 1.03. The minimum Gasteiger partial charge on any atom is -0.321 e. The number of amides is 1. The first-order valence-electron chi connectivity index (χ1n) is 8.11. The number of nitrogens with one attached hydrogen (secondary N) is 1. The van der Waals surface area contributed by atoms with E-state index in [9.17, 15) is 13.2 Å². The molecule has 6 nitrogen and oxygen atoms in total. The number of hydrogen-bond donors (Lipinski definition) is 1. The van der Waals surface area contributed by atoms with Gasteiger partial charge in [-0.2, -0.15) is 4.31 Å². The van der Waals surface area contributed by atoms with Gasteiger partial charge in [0.1, 0.15) is 10.8 Å². The first-order chi connectivity index (χ1) is 12.4. The van der Waals surface area contributed by atoms with E-state index in [1.54, 1.807) is 12.1 Å². The van der Waals surface area contributed by atoms with Crippen LogP contribution in [0.4, 0.5) is 5.69 Å². The number of sulfonamides is 1. The van der Waals surface area contributed by atoms with Gasteiger partial charge in [0.05, 0.1) is 9.92 Å². The molecule has 9 heteroatoms. The summed E-state index contributed by atoms with van der Waals surface area (Å²) in [5, 5.41) is 2.91. The number of piperidine rings is 1. The van der Waals surface area contributed by atoms with Crippen molar-refractivity contribution in [3.05, 3.63) is 52.3 Å². The van der Waals surface area contributed by atoms with E-state index in [4.69, 9.17) is 23.2 Å². The van der Waals surface area contributed by atoms with Gasteiger partial charge in [-0.1, -0.05) is 35.7 Å². The van der Waals surface area contributed by atoms with E-state index in [2.05, 4.69) is 10.3 Å². The normalized spacial score (nSPS) is 15.6. The van der Waals surface area contributed by atoms with E-state index < -0.39 is 15.9 Å². The van der Waals surface area contributed by atoms with Crippen molar-refractivity contribution in [2.75, 3.05) is 18.4 Å². The summed E-state index contributed by atoms with van der Waals surface area (Å²) < 4.78 is 27.0. The third-order valence-corrected chi connectivity index (χ3v) is 6.48. The molecule has 0 bridgehead atoms. The molecule has 0 unspecified atom stereocenters. The maximum Gasteiger partial charge on any atom is 0.275 e. The maximum atomic E-state index is 12.8. The predicted molar refractivity (Wildman–Crippen MR) is 101 cm³/mol. The second-order valence-corrected chi connectivity index (χ2v) is 8.64. The number of aromatic nitrogens is 1. The average Bonchev–Trinajstić information content (AvgIpc) is 2.64. The molecule has 1 saturated heterocycles. The fourth-order valence-electron chi connectivity index (χ4n) is 2.76. The highest BCUT2D eigenvalue weighted by Gasteiger charge is 2.26. The molecule has 0 radical (unpaired) electrons. The van der Waals surface area contributed by atoms with Crippen LogP contribution in [0.1, 0.15) is 29.8 Å². The fraction of sp³-hybridized carbons (Fsp3) is 0.294. The fourth-order valence-corrected chi connectivity index (χ4v) is 4.66. The second kappa shape index (κ2) is 7.92. The van der Waals surface area contributed by atoms with Crippen LogP contribution in [0.15, 0.2) is 41.3 Å². The van der Waals surface area contributed by atoms with Crippen molar-refractivity contribution in [3.8, 4) is 0 Å². The predicted octanol–water partition coefficient (Wildman–Crippen LogP) is 3.82. The zero-order chi connectivity index (χ0) is 18.7. The third kappa shape index (κ3) is 4.17. The number of carbonyl (C=O) groups is 1. The Kier molecular flexibility index (Phi) is 5.82. The van der Waals surface area contributed by atoms with Gasteiger partial charge in [0, 0.05) is 18.8 Å². The van der Waals surface area contributed by atoms with Gasteiger partial charge >= 0.3 is 0 Å². The molecule has 1 amide bonds. The Bertz CT molecular complexity index is 929. The summed E-state index contributed by atoms with van der Waals surface area (Å²) in [6, 6.07) is 9.09. The summed E-state index contributed by atoms with van der Waals surface area (Å²) in [5.74, 6) is -0.565. The highest BCUT2D eigenvalue weighted by Crippen LogP contribution is 2.24. The van der Waals surface area contributed by atoms with Gasteiger partial charge in [-0.3, -0.25) is 4.79 Å².